The van der Waals surface area contributed by atoms with Gasteiger partial charge in [0, 0.05) is 12.1 Å². The van der Waals surface area contributed by atoms with Crippen molar-refractivity contribution in [1.82, 2.24) is 4.90 Å². The third-order valence-electron chi connectivity index (χ3n) is 4.21. The SMILES string of the molecule is CN(Cc1ccco1)C(=O)COC(=O)C(=Cc1ccccc1)c1ccc(Cl)cc1. The molecular formula is C23H20ClNO4. The predicted molar refractivity (Wildman–Crippen MR) is 112 cm³/mol. The summed E-state index contributed by atoms with van der Waals surface area (Å²) >= 11 is 5.96. The second kappa shape index (κ2) is 9.75. The van der Waals surface area contributed by atoms with E-state index in [0.29, 0.717) is 28.5 Å². The summed E-state index contributed by atoms with van der Waals surface area (Å²) in [5, 5.41) is 0.566. The van der Waals surface area contributed by atoms with Crippen LogP contribution >= 0.6 is 11.6 Å². The van der Waals surface area contributed by atoms with Gasteiger partial charge < -0.3 is 14.1 Å². The fraction of sp³-hybridized carbons (Fsp3) is 0.130. The number of nitrogens with zero attached hydrogens (tertiary/aromatic N) is 1. The summed E-state index contributed by atoms with van der Waals surface area (Å²) in [6.45, 7) is -0.0664. The van der Waals surface area contributed by atoms with Gasteiger partial charge in [-0.25, -0.2) is 4.79 Å². The molecule has 1 amide bonds. The molecule has 0 aliphatic carbocycles. The molecule has 5 nitrogen and oxygen atoms in total. The van der Waals surface area contributed by atoms with E-state index in [1.165, 1.54) is 4.90 Å². The molecule has 0 radical (unpaired) electrons. The largest absolute Gasteiger partial charge is 0.467 e. The first-order chi connectivity index (χ1) is 14.0. The van der Waals surface area contributed by atoms with Crippen molar-refractivity contribution in [3.8, 4) is 0 Å². The van der Waals surface area contributed by atoms with Crippen LogP contribution in [0.25, 0.3) is 11.6 Å². The van der Waals surface area contributed by atoms with Gasteiger partial charge in [-0.2, -0.15) is 0 Å². The zero-order chi connectivity index (χ0) is 20.6. The zero-order valence-corrected chi connectivity index (χ0v) is 16.6. The highest BCUT2D eigenvalue weighted by Gasteiger charge is 2.18. The van der Waals surface area contributed by atoms with Gasteiger partial charge in [-0.05, 0) is 41.5 Å². The van der Waals surface area contributed by atoms with Gasteiger partial charge in [-0.15, -0.1) is 0 Å². The lowest BCUT2D eigenvalue weighted by Crippen LogP contribution is -2.30. The number of likely N-dealkylation sites (N-methyl/N-ethyl adjacent to an activating group) is 1. The Hall–Kier alpha value is -3.31. The van der Waals surface area contributed by atoms with E-state index in [9.17, 15) is 9.59 Å². The summed E-state index contributed by atoms with van der Waals surface area (Å²) < 4.78 is 10.5. The van der Waals surface area contributed by atoms with Crippen LogP contribution in [0.15, 0.2) is 77.4 Å². The molecule has 0 atom stereocenters. The number of carbonyl (C=O) groups excluding carboxylic acids is 2. The van der Waals surface area contributed by atoms with Crippen molar-refractivity contribution in [2.45, 2.75) is 6.54 Å². The Labute approximate surface area is 174 Å². The quantitative estimate of drug-likeness (QED) is 0.323. The normalized spacial score (nSPS) is 11.2. The fourth-order valence-electron chi connectivity index (χ4n) is 2.65. The van der Waals surface area contributed by atoms with Crippen LogP contribution in [0.3, 0.4) is 0 Å². The second-order valence-corrected chi connectivity index (χ2v) is 6.82. The molecule has 148 valence electrons. The minimum absolute atomic E-state index is 0.299. The molecule has 3 rings (SSSR count). The Kier molecular flexibility index (Phi) is 6.87. The average Bonchev–Trinajstić information content (AvgIpc) is 3.24. The van der Waals surface area contributed by atoms with Crippen LogP contribution in [-0.4, -0.2) is 30.4 Å². The van der Waals surface area contributed by atoms with Crippen molar-refractivity contribution < 1.29 is 18.7 Å². The minimum Gasteiger partial charge on any atom is -0.467 e. The molecule has 0 fully saturated rings. The molecular weight excluding hydrogens is 390 g/mol. The molecule has 0 aliphatic rings. The van der Waals surface area contributed by atoms with Crippen LogP contribution in [-0.2, 0) is 20.9 Å². The number of benzene rings is 2. The summed E-state index contributed by atoms with van der Waals surface area (Å²) in [5.41, 5.74) is 1.84. The molecule has 0 aliphatic heterocycles. The molecule has 0 spiro atoms. The fourth-order valence-corrected chi connectivity index (χ4v) is 2.77. The Balaban J connectivity index is 1.72. The van der Waals surface area contributed by atoms with Crippen molar-refractivity contribution in [3.63, 3.8) is 0 Å². The third kappa shape index (κ3) is 5.83. The summed E-state index contributed by atoms with van der Waals surface area (Å²) in [7, 11) is 1.62. The van der Waals surface area contributed by atoms with Gasteiger partial charge in [0.25, 0.3) is 5.91 Å². The maximum absolute atomic E-state index is 12.8. The van der Waals surface area contributed by atoms with Gasteiger partial charge in [0.15, 0.2) is 6.61 Å². The van der Waals surface area contributed by atoms with Crippen molar-refractivity contribution in [2.24, 2.45) is 0 Å². The number of halogens is 1. The van der Waals surface area contributed by atoms with Crippen molar-refractivity contribution >= 4 is 35.1 Å². The monoisotopic (exact) mass is 409 g/mol. The lowest BCUT2D eigenvalue weighted by molar-refractivity contribution is -0.147. The van der Waals surface area contributed by atoms with E-state index < -0.39 is 5.97 Å². The Morgan fingerprint density at radius 3 is 2.41 bits per heavy atom. The highest BCUT2D eigenvalue weighted by molar-refractivity contribution is 6.30. The molecule has 2 aromatic carbocycles. The molecule has 0 N–H and O–H groups in total. The van der Waals surface area contributed by atoms with E-state index >= 15 is 0 Å². The third-order valence-corrected chi connectivity index (χ3v) is 4.46. The molecule has 0 bridgehead atoms. The van der Waals surface area contributed by atoms with Crippen molar-refractivity contribution in [2.75, 3.05) is 13.7 Å². The van der Waals surface area contributed by atoms with Gasteiger partial charge in [0.05, 0.1) is 18.4 Å². The van der Waals surface area contributed by atoms with Crippen LogP contribution in [0.4, 0.5) is 0 Å². The predicted octanol–water partition coefficient (Wildman–Crippen LogP) is 4.68. The minimum atomic E-state index is -0.587. The number of rotatable bonds is 7. The first kappa shape index (κ1) is 20.4. The van der Waals surface area contributed by atoms with Crippen molar-refractivity contribution in [1.29, 1.82) is 0 Å². The van der Waals surface area contributed by atoms with Crippen LogP contribution in [0.1, 0.15) is 16.9 Å². The van der Waals surface area contributed by atoms with Gasteiger partial charge >= 0.3 is 5.97 Å². The van der Waals surface area contributed by atoms with E-state index in [1.807, 2.05) is 30.3 Å². The Morgan fingerprint density at radius 2 is 1.76 bits per heavy atom. The highest BCUT2D eigenvalue weighted by Crippen LogP contribution is 2.22. The topological polar surface area (TPSA) is 59.8 Å². The van der Waals surface area contributed by atoms with E-state index in [-0.39, 0.29) is 12.5 Å². The first-order valence-electron chi connectivity index (χ1n) is 8.99. The van der Waals surface area contributed by atoms with E-state index in [0.717, 1.165) is 5.56 Å². The molecule has 3 aromatic rings. The first-order valence-corrected chi connectivity index (χ1v) is 9.37. The van der Waals surface area contributed by atoms with E-state index in [1.54, 1.807) is 55.8 Å². The smallest absolute Gasteiger partial charge is 0.339 e. The molecule has 1 aromatic heterocycles. The maximum Gasteiger partial charge on any atom is 0.339 e. The van der Waals surface area contributed by atoms with Gasteiger partial charge in [0.2, 0.25) is 0 Å². The van der Waals surface area contributed by atoms with Gasteiger partial charge in [-0.3, -0.25) is 4.79 Å². The lowest BCUT2D eigenvalue weighted by Gasteiger charge is -2.16. The second-order valence-electron chi connectivity index (χ2n) is 6.38. The molecule has 6 heteroatoms. The molecule has 0 saturated carbocycles. The zero-order valence-electron chi connectivity index (χ0n) is 15.9. The average molecular weight is 410 g/mol. The summed E-state index contributed by atoms with van der Waals surface area (Å²) in [6.07, 6.45) is 3.27. The number of amides is 1. The number of hydrogen-bond donors (Lipinski definition) is 0. The number of hydrogen-bond acceptors (Lipinski definition) is 4. The van der Waals surface area contributed by atoms with E-state index in [2.05, 4.69) is 0 Å². The summed E-state index contributed by atoms with van der Waals surface area (Å²) in [5.74, 6) is -0.265. The van der Waals surface area contributed by atoms with Crippen LogP contribution in [0.2, 0.25) is 5.02 Å². The molecule has 0 saturated heterocycles. The maximum atomic E-state index is 12.8. The van der Waals surface area contributed by atoms with Crippen molar-refractivity contribution in [3.05, 3.63) is 94.9 Å². The van der Waals surface area contributed by atoms with Crippen LogP contribution in [0.5, 0.6) is 0 Å². The Bertz CT molecular complexity index is 979. The van der Waals surface area contributed by atoms with E-state index in [4.69, 9.17) is 20.8 Å². The van der Waals surface area contributed by atoms with Gasteiger partial charge in [0.1, 0.15) is 5.76 Å². The van der Waals surface area contributed by atoms with Crippen LogP contribution in [0, 0.1) is 0 Å². The molecule has 1 heterocycles. The number of carbonyl (C=O) groups is 2. The standard InChI is InChI=1S/C23H20ClNO4/c1-25(15-20-8-5-13-28-20)22(26)16-29-23(27)21(14-17-6-3-2-4-7-17)18-9-11-19(24)12-10-18/h2-14H,15-16H2,1H3. The highest BCUT2D eigenvalue weighted by atomic mass is 35.5. The van der Waals surface area contributed by atoms with Crippen LogP contribution < -0.4 is 0 Å². The molecule has 0 unspecified atom stereocenters. The molecule has 29 heavy (non-hydrogen) atoms. The lowest BCUT2D eigenvalue weighted by atomic mass is 10.0. The Morgan fingerprint density at radius 1 is 1.03 bits per heavy atom. The number of furan rings is 1. The van der Waals surface area contributed by atoms with Gasteiger partial charge in [-0.1, -0.05) is 54.1 Å². The number of ether oxygens (including phenoxy) is 1. The summed E-state index contributed by atoms with van der Waals surface area (Å²) in [4.78, 5) is 26.5. The number of esters is 1. The summed E-state index contributed by atoms with van der Waals surface area (Å²) in [6, 6.07) is 19.8.